The SMILES string of the molecule is Oc1cccc2cc(CN3CCCCCC3)oc12. The van der Waals surface area contributed by atoms with E-state index in [1.165, 1.54) is 25.7 Å². The summed E-state index contributed by atoms with van der Waals surface area (Å²) < 4.78 is 5.75. The Labute approximate surface area is 107 Å². The van der Waals surface area contributed by atoms with Crippen LogP contribution in [0.3, 0.4) is 0 Å². The quantitative estimate of drug-likeness (QED) is 0.879. The van der Waals surface area contributed by atoms with Crippen LogP contribution < -0.4 is 0 Å². The summed E-state index contributed by atoms with van der Waals surface area (Å²) >= 11 is 0. The van der Waals surface area contributed by atoms with Crippen molar-refractivity contribution in [2.45, 2.75) is 32.2 Å². The highest BCUT2D eigenvalue weighted by atomic mass is 16.4. The third-order valence-electron chi connectivity index (χ3n) is 3.65. The van der Waals surface area contributed by atoms with Gasteiger partial charge in [0.1, 0.15) is 5.76 Å². The van der Waals surface area contributed by atoms with Crippen LogP contribution in [-0.4, -0.2) is 23.1 Å². The molecule has 1 saturated heterocycles. The predicted octanol–water partition coefficient (Wildman–Crippen LogP) is 3.51. The second-order valence-corrected chi connectivity index (χ2v) is 5.10. The van der Waals surface area contributed by atoms with Gasteiger partial charge in [0.2, 0.25) is 0 Å². The molecule has 96 valence electrons. The van der Waals surface area contributed by atoms with Crippen molar-refractivity contribution < 1.29 is 9.52 Å². The van der Waals surface area contributed by atoms with Crippen LogP contribution in [0.25, 0.3) is 11.0 Å². The molecule has 0 bridgehead atoms. The number of likely N-dealkylation sites (tertiary alicyclic amines) is 1. The lowest BCUT2D eigenvalue weighted by atomic mass is 10.2. The maximum absolute atomic E-state index is 9.73. The molecule has 1 fully saturated rings. The largest absolute Gasteiger partial charge is 0.504 e. The number of rotatable bonds is 2. The number of phenols is 1. The molecule has 3 rings (SSSR count). The Morgan fingerprint density at radius 3 is 2.61 bits per heavy atom. The van der Waals surface area contributed by atoms with Crippen molar-refractivity contribution in [1.82, 2.24) is 4.90 Å². The Morgan fingerprint density at radius 1 is 1.11 bits per heavy atom. The summed E-state index contributed by atoms with van der Waals surface area (Å²) in [7, 11) is 0. The average Bonchev–Trinajstić information content (AvgIpc) is 2.60. The number of para-hydroxylation sites is 1. The number of nitrogens with zero attached hydrogens (tertiary/aromatic N) is 1. The van der Waals surface area contributed by atoms with Gasteiger partial charge in [0.05, 0.1) is 6.54 Å². The standard InChI is InChI=1S/C15H19NO2/c17-14-7-5-6-12-10-13(18-15(12)14)11-16-8-3-1-2-4-9-16/h5-7,10,17H,1-4,8-9,11H2. The maximum atomic E-state index is 9.73. The molecular formula is C15H19NO2. The van der Waals surface area contributed by atoms with Crippen LogP contribution in [0.2, 0.25) is 0 Å². The fourth-order valence-corrected chi connectivity index (χ4v) is 2.69. The van der Waals surface area contributed by atoms with E-state index in [0.717, 1.165) is 30.8 Å². The summed E-state index contributed by atoms with van der Waals surface area (Å²) in [5, 5.41) is 10.7. The molecule has 0 radical (unpaired) electrons. The van der Waals surface area contributed by atoms with E-state index in [1.54, 1.807) is 6.07 Å². The smallest absolute Gasteiger partial charge is 0.175 e. The fraction of sp³-hybridized carbons (Fsp3) is 0.467. The zero-order valence-electron chi connectivity index (χ0n) is 10.6. The van der Waals surface area contributed by atoms with E-state index in [2.05, 4.69) is 4.90 Å². The highest BCUT2D eigenvalue weighted by Gasteiger charge is 2.13. The lowest BCUT2D eigenvalue weighted by molar-refractivity contribution is 0.255. The molecule has 3 heteroatoms. The molecule has 1 aliphatic heterocycles. The Hall–Kier alpha value is -1.48. The maximum Gasteiger partial charge on any atom is 0.175 e. The monoisotopic (exact) mass is 245 g/mol. The van der Waals surface area contributed by atoms with Gasteiger partial charge in [-0.2, -0.15) is 0 Å². The van der Waals surface area contributed by atoms with Crippen molar-refractivity contribution in [3.8, 4) is 5.75 Å². The summed E-state index contributed by atoms with van der Waals surface area (Å²) in [6.45, 7) is 3.17. The first-order chi connectivity index (χ1) is 8.83. The van der Waals surface area contributed by atoms with Gasteiger partial charge in [0.15, 0.2) is 11.3 Å². The predicted molar refractivity (Wildman–Crippen MR) is 71.6 cm³/mol. The van der Waals surface area contributed by atoms with Gasteiger partial charge >= 0.3 is 0 Å². The molecular weight excluding hydrogens is 226 g/mol. The lowest BCUT2D eigenvalue weighted by Gasteiger charge is -2.17. The first-order valence-electron chi connectivity index (χ1n) is 6.76. The second-order valence-electron chi connectivity index (χ2n) is 5.10. The third-order valence-corrected chi connectivity index (χ3v) is 3.65. The highest BCUT2D eigenvalue weighted by Crippen LogP contribution is 2.28. The van der Waals surface area contributed by atoms with Crippen molar-refractivity contribution >= 4 is 11.0 Å². The number of furan rings is 1. The normalized spacial score (nSPS) is 18.0. The second kappa shape index (κ2) is 5.02. The van der Waals surface area contributed by atoms with E-state index in [4.69, 9.17) is 4.42 Å². The molecule has 1 N–H and O–H groups in total. The molecule has 0 amide bonds. The molecule has 0 spiro atoms. The third kappa shape index (κ3) is 2.36. The molecule has 1 aliphatic rings. The van der Waals surface area contributed by atoms with E-state index in [9.17, 15) is 5.11 Å². The van der Waals surface area contributed by atoms with Crippen molar-refractivity contribution in [2.24, 2.45) is 0 Å². The molecule has 0 saturated carbocycles. The summed E-state index contributed by atoms with van der Waals surface area (Å²) in [5.74, 6) is 1.18. The minimum Gasteiger partial charge on any atom is -0.504 e. The first-order valence-corrected chi connectivity index (χ1v) is 6.76. The van der Waals surface area contributed by atoms with E-state index in [1.807, 2.05) is 18.2 Å². The lowest BCUT2D eigenvalue weighted by Crippen LogP contribution is -2.23. The van der Waals surface area contributed by atoms with Gasteiger partial charge in [0.25, 0.3) is 0 Å². The molecule has 18 heavy (non-hydrogen) atoms. The summed E-state index contributed by atoms with van der Waals surface area (Å²) in [6, 6.07) is 7.54. The highest BCUT2D eigenvalue weighted by molar-refractivity contribution is 5.83. The van der Waals surface area contributed by atoms with E-state index < -0.39 is 0 Å². The average molecular weight is 245 g/mol. The fourth-order valence-electron chi connectivity index (χ4n) is 2.69. The minimum atomic E-state index is 0.231. The summed E-state index contributed by atoms with van der Waals surface area (Å²) in [6.07, 6.45) is 5.26. The van der Waals surface area contributed by atoms with Crippen LogP contribution in [0.15, 0.2) is 28.7 Å². The van der Waals surface area contributed by atoms with Gasteiger partial charge in [-0.05, 0) is 38.1 Å². The number of hydrogen-bond acceptors (Lipinski definition) is 3. The van der Waals surface area contributed by atoms with Crippen molar-refractivity contribution in [2.75, 3.05) is 13.1 Å². The Morgan fingerprint density at radius 2 is 1.89 bits per heavy atom. The van der Waals surface area contributed by atoms with Crippen LogP contribution in [0, 0.1) is 0 Å². The van der Waals surface area contributed by atoms with Crippen molar-refractivity contribution in [1.29, 1.82) is 0 Å². The van der Waals surface area contributed by atoms with E-state index >= 15 is 0 Å². The number of benzene rings is 1. The zero-order chi connectivity index (χ0) is 12.4. The molecule has 1 aromatic carbocycles. The van der Waals surface area contributed by atoms with Crippen LogP contribution in [0.5, 0.6) is 5.75 Å². The number of fused-ring (bicyclic) bond motifs is 1. The van der Waals surface area contributed by atoms with Crippen molar-refractivity contribution in [3.05, 3.63) is 30.0 Å². The number of aromatic hydroxyl groups is 1. The number of hydrogen-bond donors (Lipinski definition) is 1. The van der Waals surface area contributed by atoms with E-state index in [-0.39, 0.29) is 5.75 Å². The topological polar surface area (TPSA) is 36.6 Å². The van der Waals surface area contributed by atoms with Gasteiger partial charge in [-0.15, -0.1) is 0 Å². The van der Waals surface area contributed by atoms with Crippen LogP contribution in [0.4, 0.5) is 0 Å². The Bertz CT molecular complexity index is 524. The van der Waals surface area contributed by atoms with Crippen molar-refractivity contribution in [3.63, 3.8) is 0 Å². The van der Waals surface area contributed by atoms with Gasteiger partial charge in [-0.1, -0.05) is 25.0 Å². The number of phenolic OH excluding ortho intramolecular Hbond substituents is 1. The van der Waals surface area contributed by atoms with Crippen LogP contribution in [0.1, 0.15) is 31.4 Å². The van der Waals surface area contributed by atoms with Gasteiger partial charge in [0, 0.05) is 5.39 Å². The summed E-state index contributed by atoms with van der Waals surface area (Å²) in [4.78, 5) is 2.45. The van der Waals surface area contributed by atoms with Gasteiger partial charge in [-0.3, -0.25) is 4.90 Å². The molecule has 2 heterocycles. The Kier molecular flexibility index (Phi) is 3.24. The zero-order valence-corrected chi connectivity index (χ0v) is 10.6. The van der Waals surface area contributed by atoms with Crippen LogP contribution in [-0.2, 0) is 6.54 Å². The van der Waals surface area contributed by atoms with Gasteiger partial charge < -0.3 is 9.52 Å². The molecule has 0 atom stereocenters. The molecule has 3 nitrogen and oxygen atoms in total. The minimum absolute atomic E-state index is 0.231. The Balaban J connectivity index is 1.79. The molecule has 0 unspecified atom stereocenters. The van der Waals surface area contributed by atoms with Crippen LogP contribution >= 0.6 is 0 Å². The summed E-state index contributed by atoms with van der Waals surface area (Å²) in [5.41, 5.74) is 0.613. The molecule has 0 aliphatic carbocycles. The molecule has 2 aromatic rings. The van der Waals surface area contributed by atoms with E-state index in [0.29, 0.717) is 5.58 Å². The molecule has 1 aromatic heterocycles. The first kappa shape index (κ1) is 11.6. The van der Waals surface area contributed by atoms with Gasteiger partial charge in [-0.25, -0.2) is 0 Å².